The van der Waals surface area contributed by atoms with Gasteiger partial charge in [-0.15, -0.1) is 0 Å². The number of hydrogen-bond acceptors (Lipinski definition) is 7. The van der Waals surface area contributed by atoms with Crippen LogP contribution >= 0.6 is 11.0 Å². The molecule has 2 aliphatic rings. The van der Waals surface area contributed by atoms with Crippen LogP contribution in [0.4, 0.5) is 5.69 Å². The van der Waals surface area contributed by atoms with E-state index in [2.05, 4.69) is 11.2 Å². The Hall–Kier alpha value is -2.31. The number of anilines is 1. The SMILES string of the molecule is N#CN1CC[C@H](N2CCN(c3cccc(-c4cccnc4)c3)S2(O)O)C1. The van der Waals surface area contributed by atoms with Gasteiger partial charge >= 0.3 is 0 Å². The van der Waals surface area contributed by atoms with Crippen LogP contribution in [0.3, 0.4) is 0 Å². The highest BCUT2D eigenvalue weighted by Gasteiger charge is 2.43. The molecule has 2 fully saturated rings. The predicted molar refractivity (Wildman–Crippen MR) is 102 cm³/mol. The van der Waals surface area contributed by atoms with Crippen molar-refractivity contribution in [2.45, 2.75) is 12.5 Å². The van der Waals surface area contributed by atoms with Gasteiger partial charge in [0.25, 0.3) is 0 Å². The molecule has 7 nitrogen and oxygen atoms in total. The van der Waals surface area contributed by atoms with E-state index in [1.165, 1.54) is 0 Å². The molecule has 2 saturated heterocycles. The van der Waals surface area contributed by atoms with Crippen LogP contribution in [0.15, 0.2) is 48.8 Å². The maximum absolute atomic E-state index is 10.9. The topological polar surface area (TPSA) is 86.9 Å². The van der Waals surface area contributed by atoms with Crippen molar-refractivity contribution in [3.63, 3.8) is 0 Å². The molecule has 0 bridgehead atoms. The van der Waals surface area contributed by atoms with Gasteiger partial charge in [-0.05, 0) is 30.2 Å². The van der Waals surface area contributed by atoms with E-state index in [0.29, 0.717) is 26.2 Å². The first kappa shape index (κ1) is 17.1. The smallest absolute Gasteiger partial charge is 0.179 e. The van der Waals surface area contributed by atoms with Crippen LogP contribution in [-0.2, 0) is 0 Å². The molecule has 0 radical (unpaired) electrons. The number of rotatable bonds is 3. The Balaban J connectivity index is 1.58. The Bertz CT molecular complexity index is 826. The summed E-state index contributed by atoms with van der Waals surface area (Å²) in [6, 6.07) is 11.6. The molecule has 1 aromatic heterocycles. The fourth-order valence-corrected chi connectivity index (χ4v) is 5.53. The normalized spacial score (nSPS) is 23.8. The Kier molecular flexibility index (Phi) is 4.46. The minimum Gasteiger partial charge on any atom is -0.309 e. The van der Waals surface area contributed by atoms with Crippen molar-refractivity contribution >= 4 is 16.6 Å². The standard InChI is InChI=1S/C18H21N5O2S/c19-14-21-8-6-18(13-21)23-10-9-22(26(23,24)25)17-5-1-3-15(11-17)16-4-2-7-20-12-16/h1-5,7,11-12,18,24-25H,6,8-10,13H2/t18-/m0/s1. The Labute approximate surface area is 154 Å². The monoisotopic (exact) mass is 371 g/mol. The minimum atomic E-state index is -3.08. The fraction of sp³-hybridized carbons (Fsp3) is 0.333. The molecule has 2 aromatic rings. The molecule has 8 heteroatoms. The minimum absolute atomic E-state index is 0.00819. The second-order valence-electron chi connectivity index (χ2n) is 6.51. The molecule has 1 aromatic carbocycles. The molecular weight excluding hydrogens is 350 g/mol. The van der Waals surface area contributed by atoms with E-state index in [9.17, 15) is 9.11 Å². The lowest BCUT2D eigenvalue weighted by atomic mass is 10.1. The van der Waals surface area contributed by atoms with Gasteiger partial charge in [-0.3, -0.25) is 18.4 Å². The third-order valence-corrected chi connectivity index (χ3v) is 7.07. The number of benzene rings is 1. The molecule has 2 N–H and O–H groups in total. The summed E-state index contributed by atoms with van der Waals surface area (Å²) in [5, 5.41) is 9.05. The Morgan fingerprint density at radius 1 is 1.12 bits per heavy atom. The zero-order chi connectivity index (χ0) is 18.1. The first-order chi connectivity index (χ1) is 12.6. The van der Waals surface area contributed by atoms with Crippen molar-refractivity contribution < 1.29 is 9.11 Å². The van der Waals surface area contributed by atoms with Gasteiger partial charge in [-0.1, -0.05) is 29.2 Å². The average molecular weight is 371 g/mol. The first-order valence-electron chi connectivity index (χ1n) is 8.57. The number of nitrogens with zero attached hydrogens (tertiary/aromatic N) is 5. The van der Waals surface area contributed by atoms with Crippen LogP contribution in [-0.4, -0.2) is 55.5 Å². The maximum Gasteiger partial charge on any atom is 0.179 e. The van der Waals surface area contributed by atoms with Crippen molar-refractivity contribution in [3.8, 4) is 17.3 Å². The summed E-state index contributed by atoms with van der Waals surface area (Å²) >= 11 is 0. The van der Waals surface area contributed by atoms with Gasteiger partial charge in [-0.25, -0.2) is 0 Å². The van der Waals surface area contributed by atoms with E-state index in [-0.39, 0.29) is 6.04 Å². The molecule has 2 aliphatic heterocycles. The van der Waals surface area contributed by atoms with Crippen LogP contribution in [0.25, 0.3) is 11.1 Å². The number of nitriles is 1. The lowest BCUT2D eigenvalue weighted by molar-refractivity contribution is 0.310. The first-order valence-corrected chi connectivity index (χ1v) is 10.0. The number of pyridine rings is 1. The molecule has 26 heavy (non-hydrogen) atoms. The van der Waals surface area contributed by atoms with Crippen molar-refractivity contribution in [1.82, 2.24) is 14.2 Å². The van der Waals surface area contributed by atoms with Gasteiger partial charge in [-0.2, -0.15) is 9.57 Å². The summed E-state index contributed by atoms with van der Waals surface area (Å²) < 4.78 is 25.3. The second kappa shape index (κ2) is 6.78. The van der Waals surface area contributed by atoms with E-state index in [0.717, 1.165) is 23.2 Å². The molecule has 136 valence electrons. The van der Waals surface area contributed by atoms with Gasteiger partial charge in [0, 0.05) is 37.6 Å². The molecule has 0 amide bonds. The molecular formula is C18H21N5O2S. The third kappa shape index (κ3) is 2.99. The summed E-state index contributed by atoms with van der Waals surface area (Å²) in [6.45, 7) is 2.34. The van der Waals surface area contributed by atoms with Gasteiger partial charge in [0.1, 0.15) is 0 Å². The van der Waals surface area contributed by atoms with Crippen LogP contribution in [0.2, 0.25) is 0 Å². The molecule has 3 heterocycles. The van der Waals surface area contributed by atoms with E-state index in [1.807, 2.05) is 36.4 Å². The Morgan fingerprint density at radius 2 is 1.96 bits per heavy atom. The van der Waals surface area contributed by atoms with Crippen molar-refractivity contribution in [1.29, 1.82) is 5.26 Å². The molecule has 1 atom stereocenters. The van der Waals surface area contributed by atoms with Gasteiger partial charge in [0.05, 0.1) is 18.3 Å². The summed E-state index contributed by atoms with van der Waals surface area (Å²) in [5.41, 5.74) is 2.76. The molecule has 0 aliphatic carbocycles. The van der Waals surface area contributed by atoms with Crippen LogP contribution in [0.5, 0.6) is 0 Å². The van der Waals surface area contributed by atoms with E-state index in [4.69, 9.17) is 5.26 Å². The fourth-order valence-electron chi connectivity index (χ4n) is 3.66. The highest BCUT2D eigenvalue weighted by molar-refractivity contribution is 8.23. The molecule has 0 spiro atoms. The average Bonchev–Trinajstić information content (AvgIpc) is 3.26. The Morgan fingerprint density at radius 3 is 2.69 bits per heavy atom. The lowest BCUT2D eigenvalue weighted by Gasteiger charge is -2.45. The quantitative estimate of drug-likeness (QED) is 0.802. The van der Waals surface area contributed by atoms with Crippen molar-refractivity contribution in [2.24, 2.45) is 0 Å². The summed E-state index contributed by atoms with van der Waals surface area (Å²) in [6.07, 6.45) is 6.44. The maximum atomic E-state index is 10.9. The van der Waals surface area contributed by atoms with E-state index in [1.54, 1.807) is 25.9 Å². The van der Waals surface area contributed by atoms with Crippen molar-refractivity contribution in [2.75, 3.05) is 30.5 Å². The molecule has 4 rings (SSSR count). The van der Waals surface area contributed by atoms with Gasteiger partial charge in [0.15, 0.2) is 6.19 Å². The van der Waals surface area contributed by atoms with E-state index >= 15 is 0 Å². The van der Waals surface area contributed by atoms with Crippen molar-refractivity contribution in [3.05, 3.63) is 48.8 Å². The summed E-state index contributed by atoms with van der Waals surface area (Å²) in [7, 11) is -3.08. The zero-order valence-electron chi connectivity index (χ0n) is 14.3. The second-order valence-corrected chi connectivity index (χ2v) is 8.40. The van der Waals surface area contributed by atoms with Gasteiger partial charge < -0.3 is 4.90 Å². The zero-order valence-corrected chi connectivity index (χ0v) is 15.1. The number of hydrogen-bond donors (Lipinski definition) is 2. The molecule has 0 saturated carbocycles. The van der Waals surface area contributed by atoms with Crippen LogP contribution in [0, 0.1) is 11.5 Å². The van der Waals surface area contributed by atoms with Crippen LogP contribution < -0.4 is 4.31 Å². The van der Waals surface area contributed by atoms with Gasteiger partial charge in [0.2, 0.25) is 0 Å². The predicted octanol–water partition coefficient (Wildman–Crippen LogP) is 3.01. The summed E-state index contributed by atoms with van der Waals surface area (Å²) in [5.74, 6) is 0. The largest absolute Gasteiger partial charge is 0.309 e. The summed E-state index contributed by atoms with van der Waals surface area (Å²) in [4.78, 5) is 5.82. The third-order valence-electron chi connectivity index (χ3n) is 4.97. The molecule has 0 unspecified atom stereocenters. The highest BCUT2D eigenvalue weighted by atomic mass is 32.3. The number of aromatic nitrogens is 1. The highest BCUT2D eigenvalue weighted by Crippen LogP contribution is 2.55. The lowest BCUT2D eigenvalue weighted by Crippen LogP contribution is -2.38. The van der Waals surface area contributed by atoms with Crippen LogP contribution in [0.1, 0.15) is 6.42 Å². The number of likely N-dealkylation sites (tertiary alicyclic amines) is 1. The van der Waals surface area contributed by atoms with E-state index < -0.39 is 11.0 Å².